The van der Waals surface area contributed by atoms with Crippen molar-refractivity contribution in [2.45, 2.75) is 6.73 Å². The summed E-state index contributed by atoms with van der Waals surface area (Å²) in [5.41, 5.74) is 1.52. The molecule has 0 unspecified atom stereocenters. The van der Waals surface area contributed by atoms with Crippen LogP contribution in [0.1, 0.15) is 0 Å². The van der Waals surface area contributed by atoms with Gasteiger partial charge in [-0.05, 0) is 35.9 Å². The lowest BCUT2D eigenvalue weighted by atomic mass is 10.0. The van der Waals surface area contributed by atoms with Crippen molar-refractivity contribution in [3.05, 3.63) is 83.0 Å². The zero-order valence-corrected chi connectivity index (χ0v) is 15.5. The van der Waals surface area contributed by atoms with Crippen molar-refractivity contribution in [2.24, 2.45) is 0 Å². The Balaban J connectivity index is 1.82. The summed E-state index contributed by atoms with van der Waals surface area (Å²) in [6, 6.07) is 16.6. The van der Waals surface area contributed by atoms with Gasteiger partial charge in [0.25, 0.3) is 5.56 Å². The van der Waals surface area contributed by atoms with E-state index in [0.717, 1.165) is 0 Å². The number of para-hydroxylation sites is 1. The van der Waals surface area contributed by atoms with E-state index in [4.69, 9.17) is 9.47 Å². The molecule has 4 rings (SSSR count). The van der Waals surface area contributed by atoms with Crippen molar-refractivity contribution < 1.29 is 13.9 Å². The van der Waals surface area contributed by atoms with E-state index in [1.54, 1.807) is 36.5 Å². The Bertz CT molecular complexity index is 1170. The summed E-state index contributed by atoms with van der Waals surface area (Å²) in [5, 5.41) is 2.74. The third kappa shape index (κ3) is 3.92. The topological polar surface area (TPSA) is 82.0 Å². The van der Waals surface area contributed by atoms with Gasteiger partial charge in [-0.25, -0.2) is 9.37 Å². The molecule has 0 fully saturated rings. The van der Waals surface area contributed by atoms with Crippen LogP contribution in [0.15, 0.2) is 71.7 Å². The lowest BCUT2D eigenvalue weighted by molar-refractivity contribution is 0.121. The molecule has 1 N–H and O–H groups in total. The number of hydrogen-bond donors (Lipinski definition) is 1. The molecule has 0 spiro atoms. The largest absolute Gasteiger partial charge is 0.424 e. The Morgan fingerprint density at radius 2 is 1.83 bits per heavy atom. The average molecular weight is 392 g/mol. The molecule has 2 heterocycles. The number of hydrogen-bond acceptors (Lipinski definition) is 5. The van der Waals surface area contributed by atoms with E-state index in [0.29, 0.717) is 28.3 Å². The smallest absolute Gasteiger partial charge is 0.322 e. The van der Waals surface area contributed by atoms with Crippen molar-refractivity contribution in [1.29, 1.82) is 0 Å². The predicted molar refractivity (Wildman–Crippen MR) is 105 cm³/mol. The number of methoxy groups -OCH3 is 1. The highest BCUT2D eigenvalue weighted by atomic mass is 19.1. The number of nitrogens with zero attached hydrogens (tertiary/aromatic N) is 3. The molecule has 2 aromatic carbocycles. The van der Waals surface area contributed by atoms with Crippen LogP contribution in [-0.2, 0) is 11.5 Å². The first-order chi connectivity index (χ1) is 14.2. The maximum absolute atomic E-state index is 13.4. The van der Waals surface area contributed by atoms with E-state index in [9.17, 15) is 9.18 Å². The minimum Gasteiger partial charge on any atom is -0.424 e. The minimum absolute atomic E-state index is 0.102. The molecule has 0 amide bonds. The number of nitrogens with one attached hydrogen (secondary N) is 1. The fraction of sp³-hybridized carbons (Fsp3) is 0.0952. The second kappa shape index (κ2) is 8.07. The van der Waals surface area contributed by atoms with Crippen LogP contribution in [-0.4, -0.2) is 26.9 Å². The first-order valence-corrected chi connectivity index (χ1v) is 8.79. The first-order valence-electron chi connectivity index (χ1n) is 8.79. The molecule has 0 aliphatic carbocycles. The van der Waals surface area contributed by atoms with Gasteiger partial charge in [0.2, 0.25) is 0 Å². The maximum Gasteiger partial charge on any atom is 0.322 e. The zero-order chi connectivity index (χ0) is 20.2. The highest BCUT2D eigenvalue weighted by Gasteiger charge is 2.20. The van der Waals surface area contributed by atoms with Crippen LogP contribution in [0.5, 0.6) is 11.8 Å². The normalized spacial score (nSPS) is 10.8. The van der Waals surface area contributed by atoms with E-state index in [1.807, 2.05) is 18.2 Å². The SMILES string of the molecule is COCn1[nH]c(=O)c(-c2ccc(F)cc2)c1-c1ccnc(Oc2ccccc2)n1. The van der Waals surface area contributed by atoms with Gasteiger partial charge in [0.15, 0.2) is 0 Å². The molecule has 29 heavy (non-hydrogen) atoms. The number of rotatable bonds is 6. The van der Waals surface area contributed by atoms with Crippen molar-refractivity contribution in [2.75, 3.05) is 7.11 Å². The van der Waals surface area contributed by atoms with Crippen LogP contribution >= 0.6 is 0 Å². The fourth-order valence-corrected chi connectivity index (χ4v) is 2.97. The van der Waals surface area contributed by atoms with Gasteiger partial charge in [-0.3, -0.25) is 14.6 Å². The third-order valence-corrected chi connectivity index (χ3v) is 4.19. The van der Waals surface area contributed by atoms with Crippen LogP contribution in [0, 0.1) is 5.82 Å². The van der Waals surface area contributed by atoms with Crippen molar-refractivity contribution in [3.8, 4) is 34.3 Å². The Hall–Kier alpha value is -3.78. The van der Waals surface area contributed by atoms with Crippen molar-refractivity contribution in [3.63, 3.8) is 0 Å². The van der Waals surface area contributed by atoms with E-state index in [2.05, 4.69) is 15.1 Å². The molecule has 0 saturated carbocycles. The van der Waals surface area contributed by atoms with E-state index < -0.39 is 0 Å². The molecule has 7 nitrogen and oxygen atoms in total. The Morgan fingerprint density at radius 1 is 1.07 bits per heavy atom. The number of benzene rings is 2. The minimum atomic E-state index is -0.386. The van der Waals surface area contributed by atoms with Gasteiger partial charge in [0, 0.05) is 13.3 Å². The summed E-state index contributed by atoms with van der Waals surface area (Å²) < 4.78 is 25.8. The monoisotopic (exact) mass is 392 g/mol. The quantitative estimate of drug-likeness (QED) is 0.539. The molecule has 2 aromatic heterocycles. The van der Waals surface area contributed by atoms with Crippen LogP contribution < -0.4 is 10.3 Å². The van der Waals surface area contributed by atoms with Gasteiger partial charge < -0.3 is 9.47 Å². The second-order valence-electron chi connectivity index (χ2n) is 6.16. The average Bonchev–Trinajstić information content (AvgIpc) is 3.06. The van der Waals surface area contributed by atoms with E-state index in [1.165, 1.54) is 23.9 Å². The number of H-pyrrole nitrogens is 1. The van der Waals surface area contributed by atoms with Gasteiger partial charge in [-0.1, -0.05) is 30.3 Å². The number of aromatic nitrogens is 4. The molecule has 4 aromatic rings. The summed E-state index contributed by atoms with van der Waals surface area (Å²) in [6.07, 6.45) is 1.55. The van der Waals surface area contributed by atoms with E-state index in [-0.39, 0.29) is 24.1 Å². The van der Waals surface area contributed by atoms with Gasteiger partial charge >= 0.3 is 6.01 Å². The fourth-order valence-electron chi connectivity index (χ4n) is 2.97. The summed E-state index contributed by atoms with van der Waals surface area (Å²) in [4.78, 5) is 21.3. The van der Waals surface area contributed by atoms with Crippen LogP contribution in [0.2, 0.25) is 0 Å². The zero-order valence-electron chi connectivity index (χ0n) is 15.5. The molecule has 0 aliphatic rings. The molecular weight excluding hydrogens is 375 g/mol. The van der Waals surface area contributed by atoms with Crippen molar-refractivity contribution in [1.82, 2.24) is 19.7 Å². The molecule has 0 aliphatic heterocycles. The highest BCUT2D eigenvalue weighted by Crippen LogP contribution is 2.29. The predicted octanol–water partition coefficient (Wildman–Crippen LogP) is 3.84. The number of aromatic amines is 1. The molecule has 0 radical (unpaired) electrons. The van der Waals surface area contributed by atoms with Gasteiger partial charge in [-0.2, -0.15) is 4.98 Å². The molecule has 0 saturated heterocycles. The van der Waals surface area contributed by atoms with E-state index >= 15 is 0 Å². The first kappa shape index (κ1) is 18.6. The van der Waals surface area contributed by atoms with Gasteiger partial charge in [0.1, 0.15) is 18.3 Å². The maximum atomic E-state index is 13.4. The molecular formula is C21H17FN4O3. The third-order valence-electron chi connectivity index (χ3n) is 4.19. The number of ether oxygens (including phenoxy) is 2. The standard InChI is InChI=1S/C21H17FN4O3/c1-28-13-26-19(18(20(27)25-26)14-7-9-15(22)10-8-14)17-11-12-23-21(24-17)29-16-5-3-2-4-6-16/h2-12H,13H2,1H3,(H,25,27). The summed E-state index contributed by atoms with van der Waals surface area (Å²) in [5.74, 6) is 0.204. The van der Waals surface area contributed by atoms with Gasteiger partial charge in [-0.15, -0.1) is 0 Å². The van der Waals surface area contributed by atoms with Crippen LogP contribution in [0.25, 0.3) is 22.5 Å². The lowest BCUT2D eigenvalue weighted by Gasteiger charge is -2.10. The summed E-state index contributed by atoms with van der Waals surface area (Å²) >= 11 is 0. The molecule has 0 bridgehead atoms. The Labute approximate surface area is 165 Å². The highest BCUT2D eigenvalue weighted by molar-refractivity contribution is 5.79. The molecule has 8 heteroatoms. The number of halogens is 1. The Kier molecular flexibility index (Phi) is 5.17. The summed E-state index contributed by atoms with van der Waals surface area (Å²) in [7, 11) is 1.52. The Morgan fingerprint density at radius 3 is 2.55 bits per heavy atom. The van der Waals surface area contributed by atoms with Crippen LogP contribution in [0.3, 0.4) is 0 Å². The second-order valence-corrected chi connectivity index (χ2v) is 6.16. The lowest BCUT2D eigenvalue weighted by Crippen LogP contribution is -2.08. The molecule has 0 atom stereocenters. The van der Waals surface area contributed by atoms with Crippen molar-refractivity contribution >= 4 is 0 Å². The molecule has 146 valence electrons. The van der Waals surface area contributed by atoms with Gasteiger partial charge in [0.05, 0.1) is 17.0 Å². The summed E-state index contributed by atoms with van der Waals surface area (Å²) in [6.45, 7) is 0.102. The van der Waals surface area contributed by atoms with Crippen LogP contribution in [0.4, 0.5) is 4.39 Å².